The molecular weight excluding hydrogens is 280 g/mol. The molecule has 0 spiro atoms. The summed E-state index contributed by atoms with van der Waals surface area (Å²) in [7, 11) is 0. The number of benzene rings is 1. The smallest absolute Gasteiger partial charge is 0.227 e. The molecule has 0 saturated carbocycles. The number of rotatable bonds is 5. The molecule has 0 fully saturated rings. The number of hydrogen-bond acceptors (Lipinski definition) is 3. The summed E-state index contributed by atoms with van der Waals surface area (Å²) in [5.41, 5.74) is -0.289. The van der Waals surface area contributed by atoms with Crippen LogP contribution in [0.4, 0.5) is 8.78 Å². The quantitative estimate of drug-likeness (QED) is 0.891. The molecule has 1 aromatic carbocycles. The fraction of sp³-hybridized carbons (Fsp3) is 0.267. The molecule has 2 N–H and O–H groups in total. The summed E-state index contributed by atoms with van der Waals surface area (Å²) in [6, 6.07) is 6.60. The Balaban J connectivity index is 2.00. The summed E-state index contributed by atoms with van der Waals surface area (Å²) in [5.74, 6) is -2.83. The predicted octanol–water partition coefficient (Wildman–Crippen LogP) is 2.51. The number of hydrogen-bond donors (Lipinski definition) is 2. The van der Waals surface area contributed by atoms with E-state index < -0.39 is 29.6 Å². The van der Waals surface area contributed by atoms with Crippen LogP contribution in [0.1, 0.15) is 30.3 Å². The minimum absolute atomic E-state index is 0.104. The van der Waals surface area contributed by atoms with E-state index in [1.54, 1.807) is 12.1 Å². The molecule has 1 amide bonds. The first-order valence-electron chi connectivity index (χ1n) is 6.43. The van der Waals surface area contributed by atoms with Crippen LogP contribution < -0.4 is 5.32 Å². The van der Waals surface area contributed by atoms with Crippen molar-refractivity contribution in [1.29, 1.82) is 0 Å². The van der Waals surface area contributed by atoms with Crippen LogP contribution in [-0.2, 0) is 4.79 Å². The van der Waals surface area contributed by atoms with E-state index in [-0.39, 0.29) is 12.1 Å². The molecule has 112 valence electrons. The highest BCUT2D eigenvalue weighted by Crippen LogP contribution is 2.22. The molecule has 0 aliphatic rings. The van der Waals surface area contributed by atoms with E-state index in [1.165, 1.54) is 19.3 Å². The Morgan fingerprint density at radius 2 is 1.95 bits per heavy atom. The molecule has 4 nitrogen and oxygen atoms in total. The van der Waals surface area contributed by atoms with Crippen molar-refractivity contribution in [2.75, 3.05) is 6.54 Å². The third kappa shape index (κ3) is 3.46. The first-order valence-corrected chi connectivity index (χ1v) is 6.43. The molecule has 0 bridgehead atoms. The maximum Gasteiger partial charge on any atom is 0.227 e. The Morgan fingerprint density at radius 3 is 2.52 bits per heavy atom. The van der Waals surface area contributed by atoms with Crippen molar-refractivity contribution in [1.82, 2.24) is 5.32 Å². The van der Waals surface area contributed by atoms with Gasteiger partial charge >= 0.3 is 0 Å². The Labute approximate surface area is 120 Å². The third-order valence-corrected chi connectivity index (χ3v) is 3.17. The highest BCUT2D eigenvalue weighted by molar-refractivity contribution is 5.83. The lowest BCUT2D eigenvalue weighted by Crippen LogP contribution is -2.32. The van der Waals surface area contributed by atoms with Crippen molar-refractivity contribution in [3.63, 3.8) is 0 Å². The first kappa shape index (κ1) is 15.2. The molecule has 1 aromatic heterocycles. The number of amides is 1. The van der Waals surface area contributed by atoms with E-state index in [1.807, 2.05) is 0 Å². The van der Waals surface area contributed by atoms with E-state index in [9.17, 15) is 18.7 Å². The van der Waals surface area contributed by atoms with Crippen LogP contribution in [0.25, 0.3) is 0 Å². The van der Waals surface area contributed by atoms with Crippen LogP contribution in [0.2, 0.25) is 0 Å². The normalized spacial score (nSPS) is 13.7. The lowest BCUT2D eigenvalue weighted by molar-refractivity contribution is -0.122. The van der Waals surface area contributed by atoms with Crippen LogP contribution >= 0.6 is 0 Å². The van der Waals surface area contributed by atoms with Gasteiger partial charge in [-0.25, -0.2) is 8.78 Å². The van der Waals surface area contributed by atoms with Gasteiger partial charge in [-0.15, -0.1) is 0 Å². The van der Waals surface area contributed by atoms with Crippen molar-refractivity contribution in [3.8, 4) is 0 Å². The average molecular weight is 295 g/mol. The van der Waals surface area contributed by atoms with Crippen molar-refractivity contribution in [2.45, 2.75) is 18.9 Å². The van der Waals surface area contributed by atoms with Crippen LogP contribution in [-0.4, -0.2) is 17.6 Å². The van der Waals surface area contributed by atoms with Gasteiger partial charge in [-0.05, 0) is 31.2 Å². The summed E-state index contributed by atoms with van der Waals surface area (Å²) in [5, 5.41) is 12.2. The van der Waals surface area contributed by atoms with Gasteiger partial charge in [0, 0.05) is 5.56 Å². The van der Waals surface area contributed by atoms with Gasteiger partial charge in [0.15, 0.2) is 0 Å². The Morgan fingerprint density at radius 1 is 1.29 bits per heavy atom. The summed E-state index contributed by atoms with van der Waals surface area (Å²) >= 11 is 0. The molecule has 1 heterocycles. The zero-order chi connectivity index (χ0) is 15.4. The molecule has 0 aliphatic carbocycles. The Hall–Kier alpha value is -2.21. The summed E-state index contributed by atoms with van der Waals surface area (Å²) in [6.07, 6.45) is 0.388. The van der Waals surface area contributed by atoms with Crippen molar-refractivity contribution in [3.05, 3.63) is 59.6 Å². The fourth-order valence-corrected chi connectivity index (χ4v) is 1.99. The number of furan rings is 1. The number of carbonyl (C=O) groups is 1. The van der Waals surface area contributed by atoms with E-state index in [2.05, 4.69) is 5.32 Å². The maximum absolute atomic E-state index is 13.6. The second-order valence-corrected chi connectivity index (χ2v) is 4.63. The second kappa shape index (κ2) is 6.49. The van der Waals surface area contributed by atoms with Gasteiger partial charge in [0.25, 0.3) is 0 Å². The van der Waals surface area contributed by atoms with E-state index in [0.717, 1.165) is 12.1 Å². The molecule has 0 saturated heterocycles. The molecule has 21 heavy (non-hydrogen) atoms. The third-order valence-electron chi connectivity index (χ3n) is 3.17. The van der Waals surface area contributed by atoms with Gasteiger partial charge in [-0.3, -0.25) is 4.79 Å². The van der Waals surface area contributed by atoms with Crippen LogP contribution in [0, 0.1) is 11.6 Å². The van der Waals surface area contributed by atoms with Crippen LogP contribution in [0.5, 0.6) is 0 Å². The average Bonchev–Trinajstić information content (AvgIpc) is 2.98. The maximum atomic E-state index is 13.6. The SMILES string of the molecule is CC(C(=O)NCC(O)c1ccco1)c1c(F)cccc1F. The highest BCUT2D eigenvalue weighted by atomic mass is 19.1. The predicted molar refractivity (Wildman–Crippen MR) is 71.5 cm³/mol. The van der Waals surface area contributed by atoms with Gasteiger partial charge in [0.2, 0.25) is 5.91 Å². The van der Waals surface area contributed by atoms with Crippen molar-refractivity contribution >= 4 is 5.91 Å². The number of aliphatic hydroxyl groups excluding tert-OH is 1. The first-order chi connectivity index (χ1) is 10.0. The number of carbonyl (C=O) groups excluding carboxylic acids is 1. The van der Waals surface area contributed by atoms with E-state index in [0.29, 0.717) is 5.76 Å². The molecular formula is C15H15F2NO3. The lowest BCUT2D eigenvalue weighted by atomic mass is 9.99. The van der Waals surface area contributed by atoms with E-state index in [4.69, 9.17) is 4.42 Å². The zero-order valence-electron chi connectivity index (χ0n) is 11.3. The van der Waals surface area contributed by atoms with Crippen LogP contribution in [0.3, 0.4) is 0 Å². The molecule has 6 heteroatoms. The van der Waals surface area contributed by atoms with E-state index >= 15 is 0 Å². The van der Waals surface area contributed by atoms with Gasteiger partial charge < -0.3 is 14.8 Å². The zero-order valence-corrected chi connectivity index (χ0v) is 11.3. The number of nitrogens with one attached hydrogen (secondary N) is 1. The van der Waals surface area contributed by atoms with Crippen molar-refractivity contribution < 1.29 is 23.1 Å². The number of aliphatic hydroxyl groups is 1. The van der Waals surface area contributed by atoms with Crippen LogP contribution in [0.15, 0.2) is 41.0 Å². The Bertz CT molecular complexity index is 593. The minimum Gasteiger partial charge on any atom is -0.467 e. The van der Waals surface area contributed by atoms with Gasteiger partial charge in [-0.2, -0.15) is 0 Å². The van der Waals surface area contributed by atoms with Gasteiger partial charge in [-0.1, -0.05) is 6.07 Å². The van der Waals surface area contributed by atoms with Gasteiger partial charge in [0.1, 0.15) is 23.5 Å². The summed E-state index contributed by atoms with van der Waals surface area (Å²) in [6.45, 7) is 1.29. The molecule has 0 radical (unpaired) electrons. The Kier molecular flexibility index (Phi) is 4.70. The lowest BCUT2D eigenvalue weighted by Gasteiger charge is -2.15. The number of halogens is 2. The monoisotopic (exact) mass is 295 g/mol. The fourth-order valence-electron chi connectivity index (χ4n) is 1.99. The topological polar surface area (TPSA) is 62.5 Å². The summed E-state index contributed by atoms with van der Waals surface area (Å²) in [4.78, 5) is 11.9. The largest absolute Gasteiger partial charge is 0.467 e. The molecule has 2 rings (SSSR count). The molecule has 2 unspecified atom stereocenters. The summed E-state index contributed by atoms with van der Waals surface area (Å²) < 4.78 is 32.2. The standard InChI is InChI=1S/C15H15F2NO3/c1-9(14-10(16)4-2-5-11(14)17)15(20)18-8-12(19)13-6-3-7-21-13/h2-7,9,12,19H,8H2,1H3,(H,18,20). The molecule has 2 aromatic rings. The minimum atomic E-state index is -1.01. The molecule has 2 atom stereocenters. The van der Waals surface area contributed by atoms with Gasteiger partial charge in [0.05, 0.1) is 18.7 Å². The highest BCUT2D eigenvalue weighted by Gasteiger charge is 2.23. The van der Waals surface area contributed by atoms with Crippen molar-refractivity contribution in [2.24, 2.45) is 0 Å². The second-order valence-electron chi connectivity index (χ2n) is 4.63. The molecule has 0 aliphatic heterocycles.